The highest BCUT2D eigenvalue weighted by Gasteiger charge is 2.43. The molecule has 2 saturated heterocycles. The van der Waals surface area contributed by atoms with Crippen molar-refractivity contribution in [3.05, 3.63) is 83.4 Å². The highest BCUT2D eigenvalue weighted by molar-refractivity contribution is 5.97. The first kappa shape index (κ1) is 21.8. The van der Waals surface area contributed by atoms with E-state index in [9.17, 15) is 4.79 Å². The van der Waals surface area contributed by atoms with Gasteiger partial charge in [0.25, 0.3) is 5.91 Å². The second kappa shape index (κ2) is 9.13. The zero-order valence-corrected chi connectivity index (χ0v) is 19.8. The van der Waals surface area contributed by atoms with Gasteiger partial charge in [-0.3, -0.25) is 9.78 Å². The van der Waals surface area contributed by atoms with Gasteiger partial charge in [0.1, 0.15) is 23.7 Å². The van der Waals surface area contributed by atoms with Crippen LogP contribution in [0.15, 0.2) is 65.6 Å². The molecule has 2 aromatic carbocycles. The van der Waals surface area contributed by atoms with Crippen LogP contribution in [-0.4, -0.2) is 38.2 Å². The number of benzene rings is 2. The lowest BCUT2D eigenvalue weighted by atomic mass is 9.84. The second-order valence-corrected chi connectivity index (χ2v) is 9.73. The molecule has 2 unspecified atom stereocenters. The van der Waals surface area contributed by atoms with Gasteiger partial charge in [0, 0.05) is 29.9 Å². The number of ether oxygens (including phenoxy) is 1. The minimum atomic E-state index is 0.0657. The average molecular weight is 469 g/mol. The van der Waals surface area contributed by atoms with Crippen molar-refractivity contribution in [2.75, 3.05) is 0 Å². The lowest BCUT2D eigenvalue weighted by molar-refractivity contribution is 0.0520. The number of carbonyl (C=O) groups is 1. The number of fused-ring (bicyclic) bond motifs is 3. The summed E-state index contributed by atoms with van der Waals surface area (Å²) >= 11 is 0. The SMILES string of the molecule is Cc1nonc1COc1ccccc1C(=O)N1C2CCC1CC(Cc1cccc3ccncc13)C2. The van der Waals surface area contributed by atoms with Crippen LogP contribution < -0.4 is 4.74 Å². The molecule has 7 heteroatoms. The first-order chi connectivity index (χ1) is 17.2. The monoisotopic (exact) mass is 468 g/mol. The highest BCUT2D eigenvalue weighted by atomic mass is 16.6. The van der Waals surface area contributed by atoms with Crippen molar-refractivity contribution in [1.29, 1.82) is 0 Å². The Balaban J connectivity index is 1.18. The number of nitrogens with zero attached hydrogens (tertiary/aromatic N) is 4. The van der Waals surface area contributed by atoms with Gasteiger partial charge in [0.05, 0.1) is 5.56 Å². The van der Waals surface area contributed by atoms with Crippen LogP contribution in [0.5, 0.6) is 5.75 Å². The molecule has 0 radical (unpaired) electrons. The average Bonchev–Trinajstić information content (AvgIpc) is 3.42. The van der Waals surface area contributed by atoms with Gasteiger partial charge in [-0.25, -0.2) is 4.63 Å². The van der Waals surface area contributed by atoms with E-state index in [2.05, 4.69) is 44.5 Å². The van der Waals surface area contributed by atoms with Gasteiger partial charge in [0.2, 0.25) is 0 Å². The minimum absolute atomic E-state index is 0.0657. The third-order valence-electron chi connectivity index (χ3n) is 7.58. The fraction of sp³-hybridized carbons (Fsp3) is 0.357. The number of aromatic nitrogens is 3. The van der Waals surface area contributed by atoms with Gasteiger partial charge in [-0.1, -0.05) is 40.6 Å². The Labute approximate surface area is 204 Å². The first-order valence-corrected chi connectivity index (χ1v) is 12.3. The fourth-order valence-electron chi connectivity index (χ4n) is 5.89. The summed E-state index contributed by atoms with van der Waals surface area (Å²) in [5.41, 5.74) is 3.29. The van der Waals surface area contributed by atoms with Crippen molar-refractivity contribution in [3.63, 3.8) is 0 Å². The first-order valence-electron chi connectivity index (χ1n) is 12.3. The van der Waals surface area contributed by atoms with Crippen LogP contribution in [0.1, 0.15) is 53.0 Å². The predicted molar refractivity (Wildman–Crippen MR) is 131 cm³/mol. The Morgan fingerprint density at radius 2 is 1.89 bits per heavy atom. The van der Waals surface area contributed by atoms with E-state index in [0.717, 1.165) is 32.1 Å². The maximum Gasteiger partial charge on any atom is 0.258 e. The number of carbonyl (C=O) groups excluding carboxylic acids is 1. The van der Waals surface area contributed by atoms with E-state index >= 15 is 0 Å². The van der Waals surface area contributed by atoms with Gasteiger partial charge in [-0.05, 0) is 74.1 Å². The molecule has 4 aromatic rings. The molecule has 1 amide bonds. The summed E-state index contributed by atoms with van der Waals surface area (Å²) in [7, 11) is 0. The Kier molecular flexibility index (Phi) is 5.68. The molecule has 2 aromatic heterocycles. The normalized spacial score (nSPS) is 21.4. The van der Waals surface area contributed by atoms with Crippen LogP contribution in [0.4, 0.5) is 0 Å². The van der Waals surface area contributed by atoms with Crippen molar-refractivity contribution >= 4 is 16.7 Å². The number of amides is 1. The van der Waals surface area contributed by atoms with Gasteiger partial charge < -0.3 is 9.64 Å². The van der Waals surface area contributed by atoms with Gasteiger partial charge in [-0.15, -0.1) is 0 Å². The molecule has 2 atom stereocenters. The molecule has 4 heterocycles. The van der Waals surface area contributed by atoms with E-state index in [4.69, 9.17) is 9.37 Å². The summed E-state index contributed by atoms with van der Waals surface area (Å²) in [4.78, 5) is 20.2. The molecule has 2 aliphatic heterocycles. The Morgan fingerprint density at radius 3 is 2.69 bits per heavy atom. The standard InChI is InChI=1S/C28H28N4O3/c1-18-26(31-35-30-18)17-34-27-8-3-2-7-24(27)28(33)32-22-9-10-23(32)15-19(14-22)13-21-6-4-5-20-11-12-29-16-25(20)21/h2-8,11-12,16,19,22-23H,9-10,13-15,17H2,1H3. The van der Waals surface area contributed by atoms with E-state index in [1.807, 2.05) is 43.6 Å². The number of hydrogen-bond donors (Lipinski definition) is 0. The van der Waals surface area contributed by atoms with Gasteiger partial charge in [0.15, 0.2) is 0 Å². The van der Waals surface area contributed by atoms with E-state index in [0.29, 0.717) is 28.6 Å². The smallest absolute Gasteiger partial charge is 0.258 e. The molecule has 7 nitrogen and oxygen atoms in total. The molecule has 0 aliphatic carbocycles. The Bertz CT molecular complexity index is 1350. The van der Waals surface area contributed by atoms with E-state index in [-0.39, 0.29) is 24.6 Å². The van der Waals surface area contributed by atoms with Gasteiger partial charge in [-0.2, -0.15) is 0 Å². The van der Waals surface area contributed by atoms with Crippen molar-refractivity contribution in [2.45, 2.75) is 57.7 Å². The molecule has 0 saturated carbocycles. The quantitative estimate of drug-likeness (QED) is 0.390. The van der Waals surface area contributed by atoms with Crippen molar-refractivity contribution in [2.24, 2.45) is 5.92 Å². The molecule has 178 valence electrons. The van der Waals surface area contributed by atoms with Crippen molar-refractivity contribution < 1.29 is 14.2 Å². The summed E-state index contributed by atoms with van der Waals surface area (Å²) < 4.78 is 10.8. The van der Waals surface area contributed by atoms with Crippen LogP contribution in [-0.2, 0) is 13.0 Å². The molecule has 0 N–H and O–H groups in total. The van der Waals surface area contributed by atoms with Crippen LogP contribution in [0.2, 0.25) is 0 Å². The maximum absolute atomic E-state index is 13.7. The number of para-hydroxylation sites is 1. The molecular weight excluding hydrogens is 440 g/mol. The molecule has 0 spiro atoms. The molecular formula is C28H28N4O3. The molecule has 6 rings (SSSR count). The molecule has 35 heavy (non-hydrogen) atoms. The third-order valence-corrected chi connectivity index (χ3v) is 7.58. The van der Waals surface area contributed by atoms with Gasteiger partial charge >= 0.3 is 0 Å². The highest BCUT2D eigenvalue weighted by Crippen LogP contribution is 2.42. The van der Waals surface area contributed by atoms with Crippen molar-refractivity contribution in [3.8, 4) is 5.75 Å². The van der Waals surface area contributed by atoms with E-state index in [1.165, 1.54) is 16.3 Å². The zero-order valence-electron chi connectivity index (χ0n) is 19.8. The number of aryl methyl sites for hydroxylation is 1. The topological polar surface area (TPSA) is 81.3 Å². The summed E-state index contributed by atoms with van der Waals surface area (Å²) in [5, 5.41) is 10.2. The largest absolute Gasteiger partial charge is 0.486 e. The molecule has 2 fully saturated rings. The second-order valence-electron chi connectivity index (χ2n) is 9.73. The number of pyridine rings is 1. The molecule has 2 bridgehead atoms. The summed E-state index contributed by atoms with van der Waals surface area (Å²) in [6, 6.07) is 16.6. The van der Waals surface area contributed by atoms with E-state index < -0.39 is 0 Å². The number of rotatable bonds is 6. The molecule has 2 aliphatic rings. The van der Waals surface area contributed by atoms with E-state index in [1.54, 1.807) is 0 Å². The summed E-state index contributed by atoms with van der Waals surface area (Å²) in [5.74, 6) is 1.21. The summed E-state index contributed by atoms with van der Waals surface area (Å²) in [6.07, 6.45) is 9.06. The van der Waals surface area contributed by atoms with Crippen LogP contribution >= 0.6 is 0 Å². The fourth-order valence-corrected chi connectivity index (χ4v) is 5.89. The predicted octanol–water partition coefficient (Wildman–Crippen LogP) is 5.13. The Hall–Kier alpha value is -3.74. The minimum Gasteiger partial charge on any atom is -0.486 e. The maximum atomic E-state index is 13.7. The lowest BCUT2D eigenvalue weighted by Gasteiger charge is -2.39. The third kappa shape index (κ3) is 4.16. The summed E-state index contributed by atoms with van der Waals surface area (Å²) in [6.45, 7) is 2.04. The number of piperidine rings is 1. The van der Waals surface area contributed by atoms with Crippen LogP contribution in [0, 0.1) is 12.8 Å². The van der Waals surface area contributed by atoms with Crippen LogP contribution in [0.25, 0.3) is 10.8 Å². The number of hydrogen-bond acceptors (Lipinski definition) is 6. The zero-order chi connectivity index (χ0) is 23.8. The van der Waals surface area contributed by atoms with Crippen molar-refractivity contribution in [1.82, 2.24) is 20.2 Å². The Morgan fingerprint density at radius 1 is 1.06 bits per heavy atom. The lowest BCUT2D eigenvalue weighted by Crippen LogP contribution is -2.47. The van der Waals surface area contributed by atoms with Crippen LogP contribution in [0.3, 0.4) is 0 Å².